The van der Waals surface area contributed by atoms with E-state index in [-0.39, 0.29) is 11.7 Å². The molecule has 1 saturated heterocycles. The molecule has 0 radical (unpaired) electrons. The molecule has 0 unspecified atom stereocenters. The third-order valence-corrected chi connectivity index (χ3v) is 4.61. The number of halogens is 2. The number of benzene rings is 2. The average Bonchev–Trinajstić information content (AvgIpc) is 2.62. The highest BCUT2D eigenvalue weighted by atomic mass is 35.5. The Labute approximate surface area is 152 Å². The van der Waals surface area contributed by atoms with Crippen molar-refractivity contribution >= 4 is 29.3 Å². The fourth-order valence-corrected chi connectivity index (χ4v) is 3.14. The van der Waals surface area contributed by atoms with Gasteiger partial charge in [-0.2, -0.15) is 0 Å². The molecule has 1 amide bonds. The molecule has 1 fully saturated rings. The van der Waals surface area contributed by atoms with Crippen molar-refractivity contribution < 1.29 is 9.18 Å². The van der Waals surface area contributed by atoms with Crippen LogP contribution in [0.25, 0.3) is 6.08 Å². The Morgan fingerprint density at radius 2 is 1.88 bits per heavy atom. The number of nitrogens with zero attached hydrogens (tertiary/aromatic N) is 2. The van der Waals surface area contributed by atoms with E-state index in [2.05, 4.69) is 11.8 Å². The van der Waals surface area contributed by atoms with Gasteiger partial charge in [-0.15, -0.1) is 0 Å². The summed E-state index contributed by atoms with van der Waals surface area (Å²) in [5.41, 5.74) is 2.98. The van der Waals surface area contributed by atoms with Gasteiger partial charge in [0.1, 0.15) is 5.82 Å². The molecule has 0 aromatic heterocycles. The molecule has 0 spiro atoms. The zero-order valence-corrected chi connectivity index (χ0v) is 14.8. The second-order valence-corrected chi connectivity index (χ2v) is 6.57. The summed E-state index contributed by atoms with van der Waals surface area (Å²) in [6.07, 6.45) is 3.16. The smallest absolute Gasteiger partial charge is 0.246 e. The van der Waals surface area contributed by atoms with Crippen LogP contribution in [0.5, 0.6) is 0 Å². The molecule has 0 aliphatic carbocycles. The van der Waals surface area contributed by atoms with Crippen LogP contribution >= 0.6 is 11.6 Å². The summed E-state index contributed by atoms with van der Waals surface area (Å²) in [5.74, 6) is -0.355. The standard InChI is InChI=1S/C20H20ClFN2O/c1-15-5-7-17(21)14-19(15)23-9-11-24(12-10-23)20(25)8-6-16-3-2-4-18(22)13-16/h2-8,13-14H,9-12H2,1H3/b8-6+. The van der Waals surface area contributed by atoms with Gasteiger partial charge in [-0.25, -0.2) is 4.39 Å². The van der Waals surface area contributed by atoms with E-state index in [1.165, 1.54) is 23.8 Å². The van der Waals surface area contributed by atoms with Gasteiger partial charge in [-0.05, 0) is 48.4 Å². The number of hydrogen-bond acceptors (Lipinski definition) is 2. The largest absolute Gasteiger partial charge is 0.368 e. The molecule has 130 valence electrons. The highest BCUT2D eigenvalue weighted by Gasteiger charge is 2.20. The lowest BCUT2D eigenvalue weighted by atomic mass is 10.1. The molecular formula is C20H20ClFN2O. The molecule has 2 aromatic carbocycles. The van der Waals surface area contributed by atoms with Crippen LogP contribution in [0.2, 0.25) is 5.02 Å². The number of carbonyl (C=O) groups is 1. The van der Waals surface area contributed by atoms with Crippen LogP contribution in [0.15, 0.2) is 48.5 Å². The minimum Gasteiger partial charge on any atom is -0.368 e. The first-order valence-electron chi connectivity index (χ1n) is 8.26. The van der Waals surface area contributed by atoms with E-state index < -0.39 is 0 Å². The molecule has 1 aliphatic rings. The number of carbonyl (C=O) groups excluding carboxylic acids is 1. The summed E-state index contributed by atoms with van der Waals surface area (Å²) in [6.45, 7) is 4.89. The number of aryl methyl sites for hydroxylation is 1. The maximum atomic E-state index is 13.2. The maximum absolute atomic E-state index is 13.2. The van der Waals surface area contributed by atoms with E-state index in [9.17, 15) is 9.18 Å². The number of hydrogen-bond donors (Lipinski definition) is 0. The molecule has 5 heteroatoms. The minimum absolute atomic E-state index is 0.0493. The maximum Gasteiger partial charge on any atom is 0.246 e. The second kappa shape index (κ2) is 7.70. The van der Waals surface area contributed by atoms with E-state index in [1.54, 1.807) is 18.2 Å². The monoisotopic (exact) mass is 358 g/mol. The summed E-state index contributed by atoms with van der Waals surface area (Å²) in [5, 5.41) is 0.720. The Kier molecular flexibility index (Phi) is 5.39. The van der Waals surface area contributed by atoms with Crippen LogP contribution in [0.4, 0.5) is 10.1 Å². The first-order chi connectivity index (χ1) is 12.0. The lowest BCUT2D eigenvalue weighted by Gasteiger charge is -2.36. The van der Waals surface area contributed by atoms with Crippen molar-refractivity contribution in [1.29, 1.82) is 0 Å². The third-order valence-electron chi connectivity index (χ3n) is 4.37. The van der Waals surface area contributed by atoms with Gasteiger partial charge in [0.05, 0.1) is 0 Å². The summed E-state index contributed by atoms with van der Waals surface area (Å²) >= 11 is 6.10. The Bertz CT molecular complexity index is 798. The predicted octanol–water partition coefficient (Wildman–Crippen LogP) is 4.15. The van der Waals surface area contributed by atoms with Crippen molar-refractivity contribution in [3.8, 4) is 0 Å². The normalized spacial score (nSPS) is 15.0. The fourth-order valence-electron chi connectivity index (χ4n) is 2.97. The van der Waals surface area contributed by atoms with Crippen LogP contribution in [0.1, 0.15) is 11.1 Å². The SMILES string of the molecule is Cc1ccc(Cl)cc1N1CCN(C(=O)/C=C/c2cccc(F)c2)CC1. The quantitative estimate of drug-likeness (QED) is 0.769. The van der Waals surface area contributed by atoms with Crippen molar-refractivity contribution in [2.24, 2.45) is 0 Å². The van der Waals surface area contributed by atoms with Gasteiger partial charge in [0.15, 0.2) is 0 Å². The van der Waals surface area contributed by atoms with Crippen LogP contribution in [0.3, 0.4) is 0 Å². The van der Waals surface area contributed by atoms with Gasteiger partial charge in [0.2, 0.25) is 5.91 Å². The van der Waals surface area contributed by atoms with Crippen molar-refractivity contribution in [1.82, 2.24) is 4.90 Å². The van der Waals surface area contributed by atoms with Crippen molar-refractivity contribution in [3.05, 3.63) is 70.5 Å². The lowest BCUT2D eigenvalue weighted by Crippen LogP contribution is -2.48. The Morgan fingerprint density at radius 1 is 1.12 bits per heavy atom. The first-order valence-corrected chi connectivity index (χ1v) is 8.64. The van der Waals surface area contributed by atoms with Crippen LogP contribution < -0.4 is 4.90 Å². The topological polar surface area (TPSA) is 23.6 Å². The van der Waals surface area contributed by atoms with E-state index in [0.717, 1.165) is 23.8 Å². The fraction of sp³-hybridized carbons (Fsp3) is 0.250. The molecular weight excluding hydrogens is 339 g/mol. The second-order valence-electron chi connectivity index (χ2n) is 6.13. The summed E-state index contributed by atoms with van der Waals surface area (Å²) in [7, 11) is 0. The lowest BCUT2D eigenvalue weighted by molar-refractivity contribution is -0.126. The molecule has 0 atom stereocenters. The van der Waals surface area contributed by atoms with Crippen LogP contribution in [-0.4, -0.2) is 37.0 Å². The van der Waals surface area contributed by atoms with Gasteiger partial charge >= 0.3 is 0 Å². The molecule has 3 nitrogen and oxygen atoms in total. The molecule has 2 aromatic rings. The highest BCUT2D eigenvalue weighted by molar-refractivity contribution is 6.30. The van der Waals surface area contributed by atoms with Crippen molar-refractivity contribution in [2.75, 3.05) is 31.1 Å². The van der Waals surface area contributed by atoms with E-state index in [4.69, 9.17) is 11.6 Å². The summed E-state index contributed by atoms with van der Waals surface area (Å²) in [6, 6.07) is 12.1. The molecule has 1 heterocycles. The van der Waals surface area contributed by atoms with Crippen molar-refractivity contribution in [2.45, 2.75) is 6.92 Å². The van der Waals surface area contributed by atoms with Gasteiger partial charge in [0.25, 0.3) is 0 Å². The Balaban J connectivity index is 1.60. The molecule has 0 bridgehead atoms. The molecule has 1 aliphatic heterocycles. The zero-order chi connectivity index (χ0) is 17.8. The van der Waals surface area contributed by atoms with Gasteiger partial charge in [-0.3, -0.25) is 4.79 Å². The number of rotatable bonds is 3. The van der Waals surface area contributed by atoms with E-state index >= 15 is 0 Å². The molecule has 0 saturated carbocycles. The zero-order valence-electron chi connectivity index (χ0n) is 14.1. The third kappa shape index (κ3) is 4.40. The van der Waals surface area contributed by atoms with Gasteiger partial charge < -0.3 is 9.80 Å². The molecule has 0 N–H and O–H groups in total. The predicted molar refractivity (Wildman–Crippen MR) is 100 cm³/mol. The van der Waals surface area contributed by atoms with Crippen LogP contribution in [0, 0.1) is 12.7 Å². The highest BCUT2D eigenvalue weighted by Crippen LogP contribution is 2.25. The van der Waals surface area contributed by atoms with Gasteiger partial charge in [-0.1, -0.05) is 29.8 Å². The minimum atomic E-state index is -0.305. The first kappa shape index (κ1) is 17.5. The Hall–Kier alpha value is -2.33. The molecule has 25 heavy (non-hydrogen) atoms. The summed E-state index contributed by atoms with van der Waals surface area (Å²) < 4.78 is 13.2. The van der Waals surface area contributed by atoms with Crippen molar-refractivity contribution in [3.63, 3.8) is 0 Å². The number of amides is 1. The Morgan fingerprint density at radius 3 is 2.60 bits per heavy atom. The summed E-state index contributed by atoms with van der Waals surface area (Å²) in [4.78, 5) is 16.4. The average molecular weight is 359 g/mol. The van der Waals surface area contributed by atoms with Crippen LogP contribution in [-0.2, 0) is 4.79 Å². The van der Waals surface area contributed by atoms with Gasteiger partial charge in [0, 0.05) is 43.0 Å². The number of anilines is 1. The van der Waals surface area contributed by atoms with E-state index in [1.807, 2.05) is 23.1 Å². The molecule has 3 rings (SSSR count). The van der Waals surface area contributed by atoms with E-state index in [0.29, 0.717) is 18.7 Å². The number of piperazine rings is 1.